The van der Waals surface area contributed by atoms with E-state index in [2.05, 4.69) is 4.74 Å². The maximum atomic E-state index is 11.5. The van der Waals surface area contributed by atoms with Crippen molar-refractivity contribution in [3.63, 3.8) is 0 Å². The lowest BCUT2D eigenvalue weighted by atomic mass is 10.3. The smallest absolute Gasteiger partial charge is 0.415 e. The number of allylic oxidation sites excluding steroid dienone is 1. The summed E-state index contributed by atoms with van der Waals surface area (Å²) < 4.78 is 38.6. The minimum atomic E-state index is -4.25. The van der Waals surface area contributed by atoms with Gasteiger partial charge in [0.15, 0.2) is 0 Å². The molecule has 0 aliphatic rings. The SMILES string of the molecule is COC=C(C)C(F)(F)F. The minimum Gasteiger partial charge on any atom is -0.504 e. The van der Waals surface area contributed by atoms with E-state index >= 15 is 0 Å². The van der Waals surface area contributed by atoms with Gasteiger partial charge in [-0.25, -0.2) is 0 Å². The molecule has 0 N–H and O–H groups in total. The summed E-state index contributed by atoms with van der Waals surface area (Å²) in [4.78, 5) is 0. The van der Waals surface area contributed by atoms with Crippen LogP contribution in [0.5, 0.6) is 0 Å². The summed E-state index contributed by atoms with van der Waals surface area (Å²) in [6.45, 7) is 0.948. The predicted molar refractivity (Wildman–Crippen MR) is 26.8 cm³/mol. The topological polar surface area (TPSA) is 9.23 Å². The van der Waals surface area contributed by atoms with E-state index in [1.165, 1.54) is 7.11 Å². The van der Waals surface area contributed by atoms with Crippen molar-refractivity contribution in [2.45, 2.75) is 13.1 Å². The second kappa shape index (κ2) is 2.75. The van der Waals surface area contributed by atoms with Crippen molar-refractivity contribution in [2.75, 3.05) is 7.11 Å². The van der Waals surface area contributed by atoms with Crippen LogP contribution in [0.25, 0.3) is 0 Å². The van der Waals surface area contributed by atoms with Crippen molar-refractivity contribution in [1.82, 2.24) is 0 Å². The number of rotatable bonds is 1. The number of hydrogen-bond acceptors (Lipinski definition) is 1. The fourth-order valence-corrected chi connectivity index (χ4v) is 0.244. The van der Waals surface area contributed by atoms with Crippen molar-refractivity contribution in [3.05, 3.63) is 11.8 Å². The number of methoxy groups -OCH3 is 1. The molecule has 9 heavy (non-hydrogen) atoms. The normalized spacial score (nSPS) is 13.7. The van der Waals surface area contributed by atoms with Gasteiger partial charge in [-0.3, -0.25) is 0 Å². The Balaban J connectivity index is 4.03. The molecule has 0 spiro atoms. The van der Waals surface area contributed by atoms with Gasteiger partial charge in [0.1, 0.15) is 0 Å². The van der Waals surface area contributed by atoms with E-state index in [4.69, 9.17) is 0 Å². The van der Waals surface area contributed by atoms with E-state index in [0.29, 0.717) is 6.26 Å². The first-order valence-electron chi connectivity index (χ1n) is 2.25. The predicted octanol–water partition coefficient (Wildman–Crippen LogP) is 2.10. The van der Waals surface area contributed by atoms with Crippen LogP contribution in [0.4, 0.5) is 13.2 Å². The Labute approximate surface area is 51.1 Å². The molecule has 0 heterocycles. The van der Waals surface area contributed by atoms with Gasteiger partial charge in [0.25, 0.3) is 0 Å². The lowest BCUT2D eigenvalue weighted by Gasteiger charge is -2.04. The largest absolute Gasteiger partial charge is 0.504 e. The van der Waals surface area contributed by atoms with Crippen molar-refractivity contribution in [3.8, 4) is 0 Å². The molecule has 0 saturated carbocycles. The third kappa shape index (κ3) is 3.00. The monoisotopic (exact) mass is 140 g/mol. The third-order valence-electron chi connectivity index (χ3n) is 0.742. The summed E-state index contributed by atoms with van der Waals surface area (Å²) in [5.41, 5.74) is -0.731. The summed E-state index contributed by atoms with van der Waals surface area (Å²) in [6.07, 6.45) is -3.59. The average molecular weight is 140 g/mol. The number of hydrogen-bond donors (Lipinski definition) is 0. The van der Waals surface area contributed by atoms with Crippen LogP contribution in [-0.4, -0.2) is 13.3 Å². The van der Waals surface area contributed by atoms with Gasteiger partial charge in [0.2, 0.25) is 0 Å². The molecule has 0 bridgehead atoms. The Morgan fingerprint density at radius 1 is 1.44 bits per heavy atom. The number of halogens is 3. The highest BCUT2D eigenvalue weighted by atomic mass is 19.4. The first-order valence-corrected chi connectivity index (χ1v) is 2.25. The van der Waals surface area contributed by atoms with Gasteiger partial charge in [-0.2, -0.15) is 13.2 Å². The summed E-state index contributed by atoms with van der Waals surface area (Å²) >= 11 is 0. The molecule has 0 radical (unpaired) electrons. The van der Waals surface area contributed by atoms with Crippen LogP contribution in [0.3, 0.4) is 0 Å². The Morgan fingerprint density at radius 3 is 2.00 bits per heavy atom. The van der Waals surface area contributed by atoms with Gasteiger partial charge in [-0.05, 0) is 6.92 Å². The van der Waals surface area contributed by atoms with Crippen LogP contribution < -0.4 is 0 Å². The Bertz CT molecular complexity index is 114. The first kappa shape index (κ1) is 8.33. The van der Waals surface area contributed by atoms with Crippen LogP contribution in [-0.2, 0) is 4.74 Å². The quantitative estimate of drug-likeness (QED) is 0.507. The fourth-order valence-electron chi connectivity index (χ4n) is 0.244. The van der Waals surface area contributed by atoms with Crippen LogP contribution in [0.2, 0.25) is 0 Å². The van der Waals surface area contributed by atoms with Gasteiger partial charge in [-0.1, -0.05) is 0 Å². The zero-order chi connectivity index (χ0) is 7.49. The Kier molecular flexibility index (Phi) is 2.55. The molecule has 0 amide bonds. The highest BCUT2D eigenvalue weighted by molar-refractivity contribution is 5.00. The standard InChI is InChI=1S/C5H7F3O/c1-4(3-9-2)5(6,7)8/h3H,1-2H3. The van der Waals surface area contributed by atoms with Crippen LogP contribution >= 0.6 is 0 Å². The van der Waals surface area contributed by atoms with Crippen molar-refractivity contribution < 1.29 is 17.9 Å². The molecule has 0 aliphatic carbocycles. The molecule has 0 aromatic rings. The van der Waals surface area contributed by atoms with Crippen molar-refractivity contribution in [2.24, 2.45) is 0 Å². The second-order valence-electron chi connectivity index (χ2n) is 1.53. The average Bonchev–Trinajstić information content (AvgIpc) is 1.64. The molecule has 0 aromatic carbocycles. The van der Waals surface area contributed by atoms with Gasteiger partial charge in [0, 0.05) is 0 Å². The molecule has 0 saturated heterocycles. The van der Waals surface area contributed by atoms with Crippen LogP contribution in [0.15, 0.2) is 11.8 Å². The third-order valence-corrected chi connectivity index (χ3v) is 0.742. The maximum absolute atomic E-state index is 11.5. The van der Waals surface area contributed by atoms with E-state index < -0.39 is 11.7 Å². The molecule has 0 rings (SSSR count). The van der Waals surface area contributed by atoms with E-state index in [9.17, 15) is 13.2 Å². The van der Waals surface area contributed by atoms with E-state index in [0.717, 1.165) is 6.92 Å². The molecule has 1 nitrogen and oxygen atoms in total. The molecule has 0 aromatic heterocycles. The molecule has 0 atom stereocenters. The minimum absolute atomic E-state index is 0.667. The van der Waals surface area contributed by atoms with Crippen LogP contribution in [0.1, 0.15) is 6.92 Å². The maximum Gasteiger partial charge on any atom is 0.415 e. The summed E-state index contributed by atoms with van der Waals surface area (Å²) in [5, 5.41) is 0. The highest BCUT2D eigenvalue weighted by Gasteiger charge is 2.30. The van der Waals surface area contributed by atoms with E-state index in [1.807, 2.05) is 0 Å². The molecule has 0 aliphatic heterocycles. The van der Waals surface area contributed by atoms with Gasteiger partial charge in [0.05, 0.1) is 18.9 Å². The summed E-state index contributed by atoms with van der Waals surface area (Å²) in [5.74, 6) is 0. The van der Waals surface area contributed by atoms with E-state index in [1.54, 1.807) is 0 Å². The number of alkyl halides is 3. The second-order valence-corrected chi connectivity index (χ2v) is 1.53. The first-order chi connectivity index (χ1) is 3.98. The zero-order valence-corrected chi connectivity index (χ0v) is 5.12. The van der Waals surface area contributed by atoms with Gasteiger partial charge < -0.3 is 4.74 Å². The summed E-state index contributed by atoms with van der Waals surface area (Å²) in [6, 6.07) is 0. The fraction of sp³-hybridized carbons (Fsp3) is 0.600. The molecule has 54 valence electrons. The van der Waals surface area contributed by atoms with Crippen molar-refractivity contribution >= 4 is 0 Å². The lowest BCUT2D eigenvalue weighted by Crippen LogP contribution is -2.08. The zero-order valence-electron chi connectivity index (χ0n) is 5.12. The highest BCUT2D eigenvalue weighted by Crippen LogP contribution is 2.24. The van der Waals surface area contributed by atoms with Crippen LogP contribution in [0, 0.1) is 0 Å². The number of ether oxygens (including phenoxy) is 1. The summed E-state index contributed by atoms with van der Waals surface area (Å²) in [7, 11) is 1.18. The lowest BCUT2D eigenvalue weighted by molar-refractivity contribution is -0.0932. The van der Waals surface area contributed by atoms with E-state index in [-0.39, 0.29) is 0 Å². The van der Waals surface area contributed by atoms with Crippen molar-refractivity contribution in [1.29, 1.82) is 0 Å². The molecule has 0 unspecified atom stereocenters. The molecule has 4 heteroatoms. The Hall–Kier alpha value is -0.670. The molecular formula is C5H7F3O. The Morgan fingerprint density at radius 2 is 1.89 bits per heavy atom. The van der Waals surface area contributed by atoms with Gasteiger partial charge in [-0.15, -0.1) is 0 Å². The molecule has 0 fully saturated rings. The molecular weight excluding hydrogens is 133 g/mol. The van der Waals surface area contributed by atoms with Gasteiger partial charge >= 0.3 is 6.18 Å².